The molecule has 2 rings (SSSR count). The van der Waals surface area contributed by atoms with Crippen LogP contribution >= 0.6 is 0 Å². The molecule has 0 heterocycles. The number of benzene rings is 2. The van der Waals surface area contributed by atoms with Crippen molar-refractivity contribution in [1.82, 2.24) is 0 Å². The normalized spacial score (nSPS) is 12.0. The quantitative estimate of drug-likeness (QED) is 0.852. The number of aryl methyl sites for hydroxylation is 3. The number of hydrogen-bond acceptors (Lipinski definition) is 2. The third-order valence-corrected chi connectivity index (χ3v) is 5.24. The maximum atomic E-state index is 12.5. The predicted molar refractivity (Wildman–Crippen MR) is 88.2 cm³/mol. The molecule has 0 N–H and O–H groups in total. The standard InChI is InChI=1S/C18H20O2S/c1-14-12-15(2)18(16(3)13-14)21(19,20)11-7-10-17-8-5-4-6-9-17/h4-10,12-13H,11H2,1-3H3/b10-7+. The van der Waals surface area contributed by atoms with Gasteiger partial charge in [-0.15, -0.1) is 0 Å². The van der Waals surface area contributed by atoms with E-state index >= 15 is 0 Å². The molecule has 2 nitrogen and oxygen atoms in total. The van der Waals surface area contributed by atoms with Crippen LogP contribution in [0.3, 0.4) is 0 Å². The van der Waals surface area contributed by atoms with Crippen molar-refractivity contribution in [3.8, 4) is 0 Å². The maximum absolute atomic E-state index is 12.5. The lowest BCUT2D eigenvalue weighted by atomic mass is 10.1. The van der Waals surface area contributed by atoms with Gasteiger partial charge in [-0.3, -0.25) is 0 Å². The Labute approximate surface area is 127 Å². The van der Waals surface area contributed by atoms with Crippen LogP contribution in [0.5, 0.6) is 0 Å². The van der Waals surface area contributed by atoms with E-state index < -0.39 is 9.84 Å². The zero-order valence-corrected chi connectivity index (χ0v) is 13.4. The molecule has 0 aliphatic heterocycles. The Balaban J connectivity index is 2.26. The van der Waals surface area contributed by atoms with E-state index in [4.69, 9.17) is 0 Å². The lowest BCUT2D eigenvalue weighted by Crippen LogP contribution is -2.09. The van der Waals surface area contributed by atoms with Crippen LogP contribution in [0.4, 0.5) is 0 Å². The number of hydrogen-bond donors (Lipinski definition) is 0. The predicted octanol–water partition coefficient (Wildman–Crippen LogP) is 4.10. The van der Waals surface area contributed by atoms with Gasteiger partial charge in [0.2, 0.25) is 0 Å². The summed E-state index contributed by atoms with van der Waals surface area (Å²) in [6.07, 6.45) is 3.56. The summed E-state index contributed by atoms with van der Waals surface area (Å²) in [5, 5.41) is 0. The van der Waals surface area contributed by atoms with Crippen molar-refractivity contribution in [3.05, 3.63) is 70.8 Å². The molecule has 0 fully saturated rings. The smallest absolute Gasteiger partial charge is 0.182 e. The average Bonchev–Trinajstić information content (AvgIpc) is 2.38. The van der Waals surface area contributed by atoms with Gasteiger partial charge in [-0.2, -0.15) is 0 Å². The summed E-state index contributed by atoms with van der Waals surface area (Å²) in [6.45, 7) is 5.69. The van der Waals surface area contributed by atoms with E-state index in [2.05, 4.69) is 0 Å². The lowest BCUT2D eigenvalue weighted by Gasteiger charge is -2.10. The topological polar surface area (TPSA) is 34.1 Å². The van der Waals surface area contributed by atoms with Gasteiger partial charge >= 0.3 is 0 Å². The van der Waals surface area contributed by atoms with E-state index in [1.54, 1.807) is 6.08 Å². The molecule has 3 heteroatoms. The van der Waals surface area contributed by atoms with Crippen LogP contribution in [-0.4, -0.2) is 14.2 Å². The van der Waals surface area contributed by atoms with Crippen LogP contribution in [0.2, 0.25) is 0 Å². The first-order valence-corrected chi connectivity index (χ1v) is 8.57. The van der Waals surface area contributed by atoms with E-state index in [1.165, 1.54) is 0 Å². The van der Waals surface area contributed by atoms with Crippen molar-refractivity contribution in [2.45, 2.75) is 25.7 Å². The Morgan fingerprint density at radius 1 is 0.952 bits per heavy atom. The lowest BCUT2D eigenvalue weighted by molar-refractivity contribution is 0.598. The van der Waals surface area contributed by atoms with Gasteiger partial charge in [0.25, 0.3) is 0 Å². The molecule has 110 valence electrons. The SMILES string of the molecule is Cc1cc(C)c(S(=O)(=O)C/C=C/c2ccccc2)c(C)c1. The van der Waals surface area contributed by atoms with Gasteiger partial charge in [0.15, 0.2) is 9.84 Å². The van der Waals surface area contributed by atoms with Gasteiger partial charge in [-0.05, 0) is 37.5 Å². The monoisotopic (exact) mass is 300 g/mol. The second-order valence-electron chi connectivity index (χ2n) is 5.32. The van der Waals surface area contributed by atoms with Crippen LogP contribution in [-0.2, 0) is 9.84 Å². The molecule has 0 bridgehead atoms. The van der Waals surface area contributed by atoms with Gasteiger partial charge in [0.1, 0.15) is 0 Å². The molecule has 0 atom stereocenters. The number of sulfone groups is 1. The molecule has 0 spiro atoms. The maximum Gasteiger partial charge on any atom is 0.182 e. The van der Waals surface area contributed by atoms with Crippen LogP contribution in [0.1, 0.15) is 22.3 Å². The fourth-order valence-corrected chi connectivity index (χ4v) is 4.23. The first kappa shape index (κ1) is 15.5. The summed E-state index contributed by atoms with van der Waals surface area (Å²) < 4.78 is 25.0. The van der Waals surface area contributed by atoms with E-state index in [9.17, 15) is 8.42 Å². The zero-order chi connectivity index (χ0) is 15.5. The van der Waals surface area contributed by atoms with Crippen molar-refractivity contribution in [3.63, 3.8) is 0 Å². The zero-order valence-electron chi connectivity index (χ0n) is 12.6. The molecule has 0 saturated heterocycles. The first-order valence-electron chi connectivity index (χ1n) is 6.92. The van der Waals surface area contributed by atoms with Crippen LogP contribution < -0.4 is 0 Å². The molecule has 0 unspecified atom stereocenters. The molecular weight excluding hydrogens is 280 g/mol. The molecule has 0 saturated carbocycles. The molecule has 0 aliphatic rings. The minimum absolute atomic E-state index is 0.0205. The second kappa shape index (κ2) is 6.27. The summed E-state index contributed by atoms with van der Waals surface area (Å²) >= 11 is 0. The Morgan fingerprint density at radius 3 is 2.10 bits per heavy atom. The summed E-state index contributed by atoms with van der Waals surface area (Å²) in [4.78, 5) is 0.464. The van der Waals surface area contributed by atoms with Crippen LogP contribution in [0.25, 0.3) is 6.08 Å². The second-order valence-corrected chi connectivity index (χ2v) is 7.29. The highest BCUT2D eigenvalue weighted by Gasteiger charge is 2.18. The molecule has 0 radical (unpaired) electrons. The number of rotatable bonds is 4. The minimum Gasteiger partial charge on any atom is -0.223 e. The van der Waals surface area contributed by atoms with Gasteiger partial charge in [0.05, 0.1) is 10.6 Å². The van der Waals surface area contributed by atoms with Crippen molar-refractivity contribution in [1.29, 1.82) is 0 Å². The molecule has 2 aromatic rings. The Bertz CT molecular complexity index is 734. The van der Waals surface area contributed by atoms with Crippen LogP contribution in [0, 0.1) is 20.8 Å². The molecule has 0 aromatic heterocycles. The van der Waals surface area contributed by atoms with Crippen molar-refractivity contribution < 1.29 is 8.42 Å². The Kier molecular flexibility index (Phi) is 4.63. The van der Waals surface area contributed by atoms with E-state index in [1.807, 2.05) is 69.3 Å². The summed E-state index contributed by atoms with van der Waals surface area (Å²) in [5.41, 5.74) is 3.73. The van der Waals surface area contributed by atoms with E-state index in [0.717, 1.165) is 22.3 Å². The Hall–Kier alpha value is -1.87. The fourth-order valence-electron chi connectivity index (χ4n) is 2.62. The van der Waals surface area contributed by atoms with Gasteiger partial charge in [0, 0.05) is 0 Å². The van der Waals surface area contributed by atoms with Crippen molar-refractivity contribution >= 4 is 15.9 Å². The third kappa shape index (κ3) is 3.82. The van der Waals surface area contributed by atoms with Crippen molar-refractivity contribution in [2.75, 3.05) is 5.75 Å². The summed E-state index contributed by atoms with van der Waals surface area (Å²) in [7, 11) is -3.30. The average molecular weight is 300 g/mol. The fraction of sp³-hybridized carbons (Fsp3) is 0.222. The first-order chi connectivity index (χ1) is 9.90. The van der Waals surface area contributed by atoms with Gasteiger partial charge < -0.3 is 0 Å². The van der Waals surface area contributed by atoms with Gasteiger partial charge in [-0.1, -0.05) is 60.2 Å². The molecule has 2 aromatic carbocycles. The summed E-state index contributed by atoms with van der Waals surface area (Å²) in [5.74, 6) is 0.0205. The molecule has 0 aliphatic carbocycles. The Morgan fingerprint density at radius 2 is 1.52 bits per heavy atom. The molecule has 21 heavy (non-hydrogen) atoms. The van der Waals surface area contributed by atoms with Crippen LogP contribution in [0.15, 0.2) is 53.4 Å². The third-order valence-electron chi connectivity index (χ3n) is 3.34. The van der Waals surface area contributed by atoms with E-state index in [0.29, 0.717) is 4.90 Å². The summed E-state index contributed by atoms with van der Waals surface area (Å²) in [6, 6.07) is 13.5. The van der Waals surface area contributed by atoms with Gasteiger partial charge in [-0.25, -0.2) is 8.42 Å². The highest BCUT2D eigenvalue weighted by molar-refractivity contribution is 7.91. The van der Waals surface area contributed by atoms with E-state index in [-0.39, 0.29) is 5.75 Å². The highest BCUT2D eigenvalue weighted by Crippen LogP contribution is 2.23. The highest BCUT2D eigenvalue weighted by atomic mass is 32.2. The van der Waals surface area contributed by atoms with Crippen molar-refractivity contribution in [2.24, 2.45) is 0 Å². The molecular formula is C18H20O2S. The largest absolute Gasteiger partial charge is 0.223 e. The minimum atomic E-state index is -3.30. The molecule has 0 amide bonds.